The molecule has 0 aliphatic heterocycles. The Morgan fingerprint density at radius 2 is 1.43 bits per heavy atom. The van der Waals surface area contributed by atoms with Crippen molar-refractivity contribution >= 4 is 30.3 Å². The van der Waals surface area contributed by atoms with Crippen LogP contribution < -0.4 is 5.73 Å². The van der Waals surface area contributed by atoms with Gasteiger partial charge < -0.3 is 15.9 Å². The fourth-order valence-electron chi connectivity index (χ4n) is 2.72. The van der Waals surface area contributed by atoms with E-state index in [1.807, 2.05) is 38.1 Å². The summed E-state index contributed by atoms with van der Waals surface area (Å²) in [5.74, 6) is 0.475. The third kappa shape index (κ3) is 4.29. The van der Waals surface area contributed by atoms with Gasteiger partial charge in [-0.2, -0.15) is 9.78 Å². The van der Waals surface area contributed by atoms with Crippen molar-refractivity contribution in [1.29, 1.82) is 0 Å². The molecule has 0 spiro atoms. The highest BCUT2D eigenvalue weighted by Gasteiger charge is 2.08. The minimum atomic E-state index is -0.679. The molecule has 0 atom stereocenters. The molecule has 28 heavy (non-hydrogen) atoms. The summed E-state index contributed by atoms with van der Waals surface area (Å²) >= 11 is 0. The zero-order valence-electron chi connectivity index (χ0n) is 15.6. The van der Waals surface area contributed by atoms with Crippen LogP contribution in [0.15, 0.2) is 42.5 Å². The highest BCUT2D eigenvalue weighted by atomic mass is 16.3. The van der Waals surface area contributed by atoms with E-state index in [2.05, 4.69) is 5.10 Å². The Kier molecular flexibility index (Phi) is 5.31. The van der Waals surface area contributed by atoms with E-state index in [9.17, 15) is 15.0 Å². The number of amides is 1. The van der Waals surface area contributed by atoms with Gasteiger partial charge in [-0.3, -0.25) is 0 Å². The number of nitrogens with zero attached hydrogens (tertiary/aromatic N) is 2. The van der Waals surface area contributed by atoms with E-state index in [0.29, 0.717) is 11.4 Å². The number of benzene rings is 2. The van der Waals surface area contributed by atoms with Gasteiger partial charge in [0.2, 0.25) is 0 Å². The number of aromatic nitrogens is 2. The third-order valence-corrected chi connectivity index (χ3v) is 4.30. The van der Waals surface area contributed by atoms with Crippen LogP contribution in [-0.2, 0) is 0 Å². The first-order valence-electron chi connectivity index (χ1n) is 8.69. The fraction of sp³-hybridized carbons (Fsp3) is 0.0909. The number of aromatic hydroxyl groups is 2. The van der Waals surface area contributed by atoms with Crippen LogP contribution in [0.1, 0.15) is 33.6 Å². The van der Waals surface area contributed by atoms with Crippen molar-refractivity contribution in [2.75, 3.05) is 0 Å². The summed E-state index contributed by atoms with van der Waals surface area (Å²) in [5, 5.41) is 23.4. The van der Waals surface area contributed by atoms with E-state index in [-0.39, 0.29) is 11.5 Å². The Bertz CT molecular complexity index is 1090. The van der Waals surface area contributed by atoms with Gasteiger partial charge in [0.25, 0.3) is 0 Å². The van der Waals surface area contributed by atoms with Crippen molar-refractivity contribution in [3.8, 4) is 11.5 Å². The number of nitrogens with two attached hydrogens (primary N) is 1. The van der Waals surface area contributed by atoms with Crippen LogP contribution in [0.3, 0.4) is 0 Å². The number of primary amides is 1. The molecule has 1 amide bonds. The molecule has 0 saturated carbocycles. The van der Waals surface area contributed by atoms with Crippen molar-refractivity contribution in [1.82, 2.24) is 9.78 Å². The molecule has 6 heteroatoms. The summed E-state index contributed by atoms with van der Waals surface area (Å²) in [4.78, 5) is 11.7. The second-order valence-electron chi connectivity index (χ2n) is 6.50. The highest BCUT2D eigenvalue weighted by molar-refractivity contribution is 5.81. The molecule has 6 nitrogen and oxygen atoms in total. The molecule has 0 aliphatic carbocycles. The van der Waals surface area contributed by atoms with Crippen molar-refractivity contribution in [3.05, 3.63) is 76.1 Å². The molecular weight excluding hydrogens is 354 g/mol. The van der Waals surface area contributed by atoms with E-state index in [1.165, 1.54) is 0 Å². The molecule has 2 aromatic carbocycles. The zero-order chi connectivity index (χ0) is 20.3. The average molecular weight is 375 g/mol. The van der Waals surface area contributed by atoms with E-state index < -0.39 is 6.03 Å². The number of carbonyl (C=O) groups is 1. The molecule has 0 aliphatic rings. The lowest BCUT2D eigenvalue weighted by atomic mass is 10.1. The molecule has 0 bridgehead atoms. The molecule has 1 aromatic heterocycles. The summed E-state index contributed by atoms with van der Waals surface area (Å²) in [6.45, 7) is 3.64. The van der Waals surface area contributed by atoms with Gasteiger partial charge in [-0.15, -0.1) is 0 Å². The van der Waals surface area contributed by atoms with Gasteiger partial charge in [0, 0.05) is 0 Å². The fourth-order valence-corrected chi connectivity index (χ4v) is 2.72. The van der Waals surface area contributed by atoms with Crippen molar-refractivity contribution in [2.24, 2.45) is 5.73 Å². The first-order valence-corrected chi connectivity index (χ1v) is 8.69. The lowest BCUT2D eigenvalue weighted by molar-refractivity contribution is 0.247. The minimum absolute atomic E-state index is 0.233. The molecule has 142 valence electrons. The number of rotatable bonds is 4. The Hall–Kier alpha value is -3.80. The predicted molar refractivity (Wildman–Crippen MR) is 111 cm³/mol. The topological polar surface area (TPSA) is 101 Å². The van der Waals surface area contributed by atoms with Crippen LogP contribution in [0.5, 0.6) is 11.5 Å². The molecule has 3 aromatic rings. The van der Waals surface area contributed by atoms with Gasteiger partial charge in [0.1, 0.15) is 11.5 Å². The highest BCUT2D eigenvalue weighted by Crippen LogP contribution is 2.20. The van der Waals surface area contributed by atoms with Crippen LogP contribution >= 0.6 is 0 Å². The van der Waals surface area contributed by atoms with Crippen molar-refractivity contribution in [2.45, 2.75) is 13.8 Å². The van der Waals surface area contributed by atoms with Gasteiger partial charge in [0.15, 0.2) is 0 Å². The third-order valence-electron chi connectivity index (χ3n) is 4.30. The summed E-state index contributed by atoms with van der Waals surface area (Å²) in [7, 11) is 0. The summed E-state index contributed by atoms with van der Waals surface area (Å²) in [6.07, 6.45) is 7.18. The Morgan fingerprint density at radius 3 is 1.93 bits per heavy atom. The maximum atomic E-state index is 11.7. The van der Waals surface area contributed by atoms with Crippen LogP contribution in [0, 0.1) is 13.8 Å². The second-order valence-corrected chi connectivity index (χ2v) is 6.50. The van der Waals surface area contributed by atoms with Crippen molar-refractivity contribution < 1.29 is 15.0 Å². The zero-order valence-corrected chi connectivity index (χ0v) is 15.6. The van der Waals surface area contributed by atoms with E-state index in [4.69, 9.17) is 5.73 Å². The minimum Gasteiger partial charge on any atom is -0.508 e. The number of carbonyl (C=O) groups excluding carboxylic acids is 1. The van der Waals surface area contributed by atoms with Gasteiger partial charge in [-0.05, 0) is 78.6 Å². The normalized spacial score (nSPS) is 11.5. The predicted octanol–water partition coefficient (Wildman–Crippen LogP) is 4.18. The van der Waals surface area contributed by atoms with E-state index in [1.54, 1.807) is 42.5 Å². The van der Waals surface area contributed by atoms with Gasteiger partial charge in [-0.25, -0.2) is 4.79 Å². The lowest BCUT2D eigenvalue weighted by Crippen LogP contribution is -2.21. The van der Waals surface area contributed by atoms with Crippen molar-refractivity contribution in [3.63, 3.8) is 0 Å². The largest absolute Gasteiger partial charge is 0.508 e. The van der Waals surface area contributed by atoms with Gasteiger partial charge in [0.05, 0.1) is 11.4 Å². The Labute approximate surface area is 162 Å². The SMILES string of the molecule is Cc1cc(C=Cc2cc(C=Cc3ccc(O)c(C)c3)n(C(N)=O)n2)ccc1O. The van der Waals surface area contributed by atoms with Crippen LogP contribution in [0.4, 0.5) is 4.79 Å². The second kappa shape index (κ2) is 7.84. The van der Waals surface area contributed by atoms with E-state index in [0.717, 1.165) is 26.9 Å². The smallest absolute Gasteiger partial charge is 0.340 e. The van der Waals surface area contributed by atoms with Gasteiger partial charge >= 0.3 is 6.03 Å². The first-order chi connectivity index (χ1) is 13.3. The van der Waals surface area contributed by atoms with Gasteiger partial charge in [-0.1, -0.05) is 24.3 Å². The van der Waals surface area contributed by atoms with Crippen LogP contribution in [0.2, 0.25) is 0 Å². The summed E-state index contributed by atoms with van der Waals surface area (Å²) in [6, 6.07) is 11.6. The summed E-state index contributed by atoms with van der Waals surface area (Å²) < 4.78 is 1.13. The quantitative estimate of drug-likeness (QED) is 0.637. The monoisotopic (exact) mass is 375 g/mol. The number of aryl methyl sites for hydroxylation is 2. The molecule has 4 N–H and O–H groups in total. The van der Waals surface area contributed by atoms with Crippen LogP contribution in [0.25, 0.3) is 24.3 Å². The lowest BCUT2D eigenvalue weighted by Gasteiger charge is -2.00. The van der Waals surface area contributed by atoms with Crippen LogP contribution in [-0.4, -0.2) is 26.0 Å². The molecule has 3 rings (SSSR count). The Morgan fingerprint density at radius 1 is 0.893 bits per heavy atom. The molecule has 0 saturated heterocycles. The first kappa shape index (κ1) is 19.0. The number of hydrogen-bond donors (Lipinski definition) is 3. The molecule has 0 unspecified atom stereocenters. The number of hydrogen-bond acceptors (Lipinski definition) is 4. The number of phenols is 2. The molecular formula is C22H21N3O3. The molecule has 0 radical (unpaired) electrons. The maximum absolute atomic E-state index is 11.7. The van der Waals surface area contributed by atoms with E-state index >= 15 is 0 Å². The standard InChI is InChI=1S/C22H21N3O3/c1-14-11-16(5-9-20(14)26)3-7-18-13-19(25(24-18)22(23)28)8-4-17-6-10-21(27)15(2)12-17/h3-13,26-27H,1-2H3,(H2,23,28). The number of phenolic OH excluding ortho intramolecular Hbond substituents is 2. The maximum Gasteiger partial charge on any atom is 0.340 e. The molecule has 0 fully saturated rings. The Balaban J connectivity index is 1.87. The molecule has 1 heterocycles. The summed E-state index contributed by atoms with van der Waals surface area (Å²) in [5.41, 5.74) is 9.86. The average Bonchev–Trinajstić information content (AvgIpc) is 3.07.